The van der Waals surface area contributed by atoms with Crippen LogP contribution in [0.5, 0.6) is 0 Å². The highest BCUT2D eigenvalue weighted by Gasteiger charge is 2.20. The van der Waals surface area contributed by atoms with Gasteiger partial charge in [-0.2, -0.15) is 0 Å². The van der Waals surface area contributed by atoms with E-state index < -0.39 is 0 Å². The molecule has 1 aliphatic rings. The first kappa shape index (κ1) is 16.3. The van der Waals surface area contributed by atoms with Gasteiger partial charge in [0.25, 0.3) is 0 Å². The molecule has 0 bridgehead atoms. The maximum absolute atomic E-state index is 4.39. The second kappa shape index (κ2) is 8.37. The molecule has 1 aromatic rings. The number of hydrogen-bond donors (Lipinski definition) is 2. The second-order valence-electron chi connectivity index (χ2n) is 5.88. The Labute approximate surface area is 132 Å². The zero-order valence-electron chi connectivity index (χ0n) is 13.5. The fourth-order valence-corrected chi connectivity index (χ4v) is 3.69. The van der Waals surface area contributed by atoms with Crippen LogP contribution in [0.25, 0.3) is 0 Å². The summed E-state index contributed by atoms with van der Waals surface area (Å²) in [6.07, 6.45) is 9.47. The molecule has 0 aromatic carbocycles. The van der Waals surface area contributed by atoms with Gasteiger partial charge in [-0.15, -0.1) is 11.3 Å². The molecule has 4 nitrogen and oxygen atoms in total. The molecule has 0 saturated heterocycles. The molecular weight excluding hydrogens is 280 g/mol. The lowest BCUT2D eigenvalue weighted by atomic mass is 9.84. The lowest BCUT2D eigenvalue weighted by Gasteiger charge is -2.29. The third-order valence-corrected chi connectivity index (χ3v) is 5.26. The number of rotatable bonds is 5. The van der Waals surface area contributed by atoms with Crippen molar-refractivity contribution < 1.29 is 0 Å². The third kappa shape index (κ3) is 5.30. The van der Waals surface area contributed by atoms with Gasteiger partial charge in [0.05, 0.1) is 5.01 Å². The number of thiazole rings is 1. The van der Waals surface area contributed by atoms with Gasteiger partial charge < -0.3 is 10.6 Å². The summed E-state index contributed by atoms with van der Waals surface area (Å²) >= 11 is 1.77. The molecular formula is C16H28N4S. The van der Waals surface area contributed by atoms with Crippen LogP contribution in [-0.2, 0) is 6.42 Å². The van der Waals surface area contributed by atoms with E-state index in [9.17, 15) is 0 Å². The number of nitrogens with one attached hydrogen (secondary N) is 2. The van der Waals surface area contributed by atoms with Crippen LogP contribution in [0.4, 0.5) is 0 Å². The van der Waals surface area contributed by atoms with Crippen molar-refractivity contribution in [2.45, 2.75) is 58.4 Å². The van der Waals surface area contributed by atoms with Crippen molar-refractivity contribution in [2.75, 3.05) is 13.6 Å². The van der Waals surface area contributed by atoms with Gasteiger partial charge in [0.2, 0.25) is 0 Å². The minimum Gasteiger partial charge on any atom is -0.356 e. The smallest absolute Gasteiger partial charge is 0.191 e. The summed E-state index contributed by atoms with van der Waals surface area (Å²) in [6, 6.07) is 0.584. The van der Waals surface area contributed by atoms with Crippen molar-refractivity contribution in [1.82, 2.24) is 15.6 Å². The predicted octanol–water partition coefficient (Wildman–Crippen LogP) is 3.13. The number of aryl methyl sites for hydroxylation is 1. The molecule has 0 aliphatic heterocycles. The first-order valence-corrected chi connectivity index (χ1v) is 8.91. The lowest BCUT2D eigenvalue weighted by Crippen LogP contribution is -2.45. The first-order valence-electron chi connectivity index (χ1n) is 8.09. The minimum atomic E-state index is 0.584. The third-order valence-electron chi connectivity index (χ3n) is 4.29. The van der Waals surface area contributed by atoms with Crippen molar-refractivity contribution in [3.63, 3.8) is 0 Å². The van der Waals surface area contributed by atoms with Crippen LogP contribution < -0.4 is 10.6 Å². The zero-order valence-corrected chi connectivity index (χ0v) is 14.3. The van der Waals surface area contributed by atoms with Gasteiger partial charge in [-0.05, 0) is 38.5 Å². The maximum atomic E-state index is 4.39. The number of aliphatic imine (C=N–C) groups is 1. The van der Waals surface area contributed by atoms with Gasteiger partial charge in [0, 0.05) is 37.1 Å². The minimum absolute atomic E-state index is 0.584. The van der Waals surface area contributed by atoms with Gasteiger partial charge >= 0.3 is 0 Å². The Morgan fingerprint density at radius 3 is 2.71 bits per heavy atom. The van der Waals surface area contributed by atoms with Crippen LogP contribution in [0, 0.1) is 12.8 Å². The topological polar surface area (TPSA) is 49.3 Å². The van der Waals surface area contributed by atoms with Crippen molar-refractivity contribution in [3.05, 3.63) is 16.1 Å². The predicted molar refractivity (Wildman–Crippen MR) is 91.1 cm³/mol. The van der Waals surface area contributed by atoms with E-state index in [0.717, 1.165) is 24.8 Å². The van der Waals surface area contributed by atoms with E-state index in [1.807, 2.05) is 13.2 Å². The van der Waals surface area contributed by atoms with Crippen LogP contribution in [-0.4, -0.2) is 30.6 Å². The Hall–Kier alpha value is -1.10. The van der Waals surface area contributed by atoms with Crippen molar-refractivity contribution in [1.29, 1.82) is 0 Å². The fraction of sp³-hybridized carbons (Fsp3) is 0.750. The molecule has 2 N–H and O–H groups in total. The fourth-order valence-electron chi connectivity index (χ4n) is 2.91. The Morgan fingerprint density at radius 1 is 1.38 bits per heavy atom. The Kier molecular flexibility index (Phi) is 6.49. The highest BCUT2D eigenvalue weighted by atomic mass is 32.1. The van der Waals surface area contributed by atoms with Gasteiger partial charge in [-0.25, -0.2) is 4.98 Å². The molecule has 118 valence electrons. The summed E-state index contributed by atoms with van der Waals surface area (Å²) in [4.78, 5) is 10.0. The Morgan fingerprint density at radius 2 is 2.14 bits per heavy atom. The van der Waals surface area contributed by atoms with E-state index in [1.54, 1.807) is 11.3 Å². The molecule has 0 unspecified atom stereocenters. The molecule has 1 aliphatic carbocycles. The van der Waals surface area contributed by atoms with Crippen molar-refractivity contribution >= 4 is 17.3 Å². The molecule has 0 amide bonds. The molecule has 1 saturated carbocycles. The molecule has 21 heavy (non-hydrogen) atoms. The van der Waals surface area contributed by atoms with Crippen LogP contribution >= 0.6 is 11.3 Å². The van der Waals surface area contributed by atoms with Crippen molar-refractivity contribution in [3.8, 4) is 0 Å². The van der Waals surface area contributed by atoms with Crippen LogP contribution in [0.3, 0.4) is 0 Å². The summed E-state index contributed by atoms with van der Waals surface area (Å²) in [7, 11) is 1.85. The van der Waals surface area contributed by atoms with E-state index in [1.165, 1.54) is 42.0 Å². The van der Waals surface area contributed by atoms with E-state index in [-0.39, 0.29) is 0 Å². The molecule has 0 spiro atoms. The number of guanidine groups is 1. The number of nitrogens with zero attached hydrogens (tertiary/aromatic N) is 2. The molecule has 1 heterocycles. The number of aromatic nitrogens is 1. The average molecular weight is 308 g/mol. The van der Waals surface area contributed by atoms with E-state index in [2.05, 4.69) is 34.5 Å². The highest BCUT2D eigenvalue weighted by molar-refractivity contribution is 7.11. The standard InChI is InChI=1S/C16H28N4S/c1-4-13-5-7-14(8-6-13)20-16(17-3)18-10-9-15-19-11-12(2)21-15/h11,13-14H,4-10H2,1-3H3,(H2,17,18,20). The second-order valence-corrected chi connectivity index (χ2v) is 7.20. The number of hydrogen-bond acceptors (Lipinski definition) is 3. The summed E-state index contributed by atoms with van der Waals surface area (Å²) in [5, 5.41) is 8.16. The van der Waals surface area contributed by atoms with E-state index >= 15 is 0 Å². The Balaban J connectivity index is 1.69. The molecule has 1 aromatic heterocycles. The van der Waals surface area contributed by atoms with Crippen molar-refractivity contribution in [2.24, 2.45) is 10.9 Å². The highest BCUT2D eigenvalue weighted by Crippen LogP contribution is 2.26. The van der Waals surface area contributed by atoms with E-state index in [0.29, 0.717) is 6.04 Å². The summed E-state index contributed by atoms with van der Waals surface area (Å²) in [5.41, 5.74) is 0. The molecule has 1 fully saturated rings. The summed E-state index contributed by atoms with van der Waals surface area (Å²) < 4.78 is 0. The molecule has 2 rings (SSSR count). The molecule has 0 radical (unpaired) electrons. The largest absolute Gasteiger partial charge is 0.356 e. The van der Waals surface area contributed by atoms with Gasteiger partial charge in [-0.1, -0.05) is 13.3 Å². The molecule has 5 heteroatoms. The monoisotopic (exact) mass is 308 g/mol. The maximum Gasteiger partial charge on any atom is 0.191 e. The quantitative estimate of drug-likeness (QED) is 0.649. The SMILES string of the molecule is CCC1CCC(NC(=NC)NCCc2ncc(C)s2)CC1. The zero-order chi connectivity index (χ0) is 15.1. The Bertz CT molecular complexity index is 447. The van der Waals surface area contributed by atoms with Crippen LogP contribution in [0.2, 0.25) is 0 Å². The average Bonchev–Trinajstić information content (AvgIpc) is 2.92. The van der Waals surface area contributed by atoms with E-state index in [4.69, 9.17) is 0 Å². The lowest BCUT2D eigenvalue weighted by molar-refractivity contribution is 0.304. The normalized spacial score (nSPS) is 23.1. The van der Waals surface area contributed by atoms with Gasteiger partial charge in [-0.3, -0.25) is 4.99 Å². The summed E-state index contributed by atoms with van der Waals surface area (Å²) in [6.45, 7) is 5.29. The first-order chi connectivity index (χ1) is 10.2. The summed E-state index contributed by atoms with van der Waals surface area (Å²) in [5.74, 6) is 1.87. The van der Waals surface area contributed by atoms with Crippen LogP contribution in [0.15, 0.2) is 11.2 Å². The van der Waals surface area contributed by atoms with Crippen LogP contribution in [0.1, 0.15) is 48.9 Å². The van der Waals surface area contributed by atoms with Gasteiger partial charge in [0.1, 0.15) is 0 Å². The molecule has 0 atom stereocenters. The van der Waals surface area contributed by atoms with Gasteiger partial charge in [0.15, 0.2) is 5.96 Å².